The highest BCUT2D eigenvalue weighted by Gasteiger charge is 2.38. The number of guanidine groups is 1. The number of nitrogens with two attached hydrogens (primary N) is 1. The zero-order chi connectivity index (χ0) is 26.3. The van der Waals surface area contributed by atoms with Gasteiger partial charge in [-0.25, -0.2) is 4.79 Å². The van der Waals surface area contributed by atoms with Crippen LogP contribution in [0.25, 0.3) is 0 Å². The van der Waals surface area contributed by atoms with E-state index in [1.54, 1.807) is 4.90 Å². The van der Waals surface area contributed by atoms with Crippen molar-refractivity contribution in [1.29, 1.82) is 5.41 Å². The van der Waals surface area contributed by atoms with Crippen molar-refractivity contribution in [3.63, 3.8) is 0 Å². The lowest BCUT2D eigenvalue weighted by molar-refractivity contribution is -0.192. The van der Waals surface area contributed by atoms with E-state index in [9.17, 15) is 18.0 Å². The summed E-state index contributed by atoms with van der Waals surface area (Å²) in [6.07, 6.45) is 8.49. The van der Waals surface area contributed by atoms with Crippen molar-refractivity contribution in [3.05, 3.63) is 29.8 Å². The Morgan fingerprint density at radius 2 is 1.63 bits per heavy atom. The van der Waals surface area contributed by atoms with E-state index in [0.717, 1.165) is 31.5 Å². The van der Waals surface area contributed by atoms with E-state index in [4.69, 9.17) is 21.0 Å². The van der Waals surface area contributed by atoms with Crippen molar-refractivity contribution in [2.24, 2.45) is 11.7 Å². The number of rotatable bonds is 11. The molecule has 0 bridgehead atoms. The summed E-state index contributed by atoms with van der Waals surface area (Å²) in [5.74, 6) is -2.77. The molecule has 5 N–H and O–H groups in total. The minimum atomic E-state index is -5.08. The average molecular weight is 501 g/mol. The fourth-order valence-electron chi connectivity index (χ4n) is 3.87. The lowest BCUT2D eigenvalue weighted by Crippen LogP contribution is -2.46. The van der Waals surface area contributed by atoms with Gasteiger partial charge in [0.25, 0.3) is 0 Å². The number of halogens is 3. The first-order chi connectivity index (χ1) is 16.5. The quantitative estimate of drug-likeness (QED) is 0.180. The van der Waals surface area contributed by atoms with Crippen LogP contribution in [-0.4, -0.2) is 47.1 Å². The van der Waals surface area contributed by atoms with Crippen LogP contribution in [0.1, 0.15) is 76.7 Å². The number of carbonyl (C=O) groups is 2. The van der Waals surface area contributed by atoms with Crippen molar-refractivity contribution >= 4 is 23.5 Å². The highest BCUT2D eigenvalue weighted by molar-refractivity contribution is 5.93. The first kappa shape index (κ1) is 30.3. The van der Waals surface area contributed by atoms with Gasteiger partial charge >= 0.3 is 12.1 Å². The molecule has 0 unspecified atom stereocenters. The number of anilines is 1. The third kappa shape index (κ3) is 13.0. The van der Waals surface area contributed by atoms with Crippen molar-refractivity contribution in [3.8, 4) is 0 Å². The maximum Gasteiger partial charge on any atom is 0.490 e. The normalized spacial score (nSPS) is 15.7. The minimum absolute atomic E-state index is 0.0294. The van der Waals surface area contributed by atoms with Crippen LogP contribution in [0.4, 0.5) is 18.9 Å². The number of carboxylic acids is 1. The van der Waals surface area contributed by atoms with Gasteiger partial charge in [0.15, 0.2) is 5.96 Å². The van der Waals surface area contributed by atoms with Gasteiger partial charge in [0.05, 0.1) is 5.92 Å². The van der Waals surface area contributed by atoms with E-state index in [1.165, 1.54) is 56.9 Å². The summed E-state index contributed by atoms with van der Waals surface area (Å²) in [4.78, 5) is 23.2. The molecule has 1 saturated heterocycles. The number of amides is 1. The van der Waals surface area contributed by atoms with E-state index in [2.05, 4.69) is 24.4 Å². The van der Waals surface area contributed by atoms with Gasteiger partial charge in [-0.2, -0.15) is 13.2 Å². The number of nitrogens with one attached hydrogen (secondary N) is 2. The summed E-state index contributed by atoms with van der Waals surface area (Å²) >= 11 is 0. The van der Waals surface area contributed by atoms with Crippen LogP contribution in [0, 0.1) is 11.3 Å². The maximum absolute atomic E-state index is 12.5. The van der Waals surface area contributed by atoms with Crippen LogP contribution >= 0.6 is 0 Å². The van der Waals surface area contributed by atoms with Crippen LogP contribution in [0.5, 0.6) is 0 Å². The van der Waals surface area contributed by atoms with Crippen LogP contribution in [0.3, 0.4) is 0 Å². The van der Waals surface area contributed by atoms with Gasteiger partial charge < -0.3 is 21.1 Å². The second-order valence-electron chi connectivity index (χ2n) is 8.88. The Labute approximate surface area is 205 Å². The lowest BCUT2D eigenvalue weighted by atomic mass is 9.97. The highest BCUT2D eigenvalue weighted by atomic mass is 19.4. The van der Waals surface area contributed by atoms with E-state index in [1.807, 2.05) is 12.1 Å². The van der Waals surface area contributed by atoms with Crippen LogP contribution < -0.4 is 11.1 Å². The van der Waals surface area contributed by atoms with Gasteiger partial charge in [-0.05, 0) is 43.4 Å². The summed E-state index contributed by atoms with van der Waals surface area (Å²) in [5.41, 5.74) is 7.75. The molecule has 2 rings (SSSR count). The third-order valence-corrected chi connectivity index (χ3v) is 5.92. The van der Waals surface area contributed by atoms with Crippen molar-refractivity contribution in [1.82, 2.24) is 4.90 Å². The van der Waals surface area contributed by atoms with Gasteiger partial charge in [0, 0.05) is 18.8 Å². The maximum atomic E-state index is 12.5. The first-order valence-electron chi connectivity index (χ1n) is 12.3. The average Bonchev–Trinajstić information content (AvgIpc) is 2.81. The van der Waals surface area contributed by atoms with Crippen molar-refractivity contribution in [2.45, 2.75) is 83.7 Å². The number of benzene rings is 1. The number of hydrogen-bond acceptors (Lipinski definition) is 3. The summed E-state index contributed by atoms with van der Waals surface area (Å²) in [6, 6.07) is 8.26. The zero-order valence-corrected chi connectivity index (χ0v) is 20.5. The number of alkyl halides is 3. The second kappa shape index (κ2) is 16.0. The molecule has 0 aliphatic carbocycles. The fourth-order valence-corrected chi connectivity index (χ4v) is 3.87. The summed E-state index contributed by atoms with van der Waals surface area (Å²) in [6.45, 7) is 3.57. The van der Waals surface area contributed by atoms with E-state index >= 15 is 0 Å². The molecule has 0 radical (unpaired) electrons. The fraction of sp³-hybridized carbons (Fsp3) is 0.640. The van der Waals surface area contributed by atoms with Gasteiger partial charge in [0.1, 0.15) is 0 Å². The molecule has 1 aromatic carbocycles. The molecule has 198 valence electrons. The molecule has 10 heteroatoms. The summed E-state index contributed by atoms with van der Waals surface area (Å²) in [7, 11) is 0. The number of hydrogen-bond donors (Lipinski definition) is 4. The summed E-state index contributed by atoms with van der Waals surface area (Å²) < 4.78 is 31.7. The Morgan fingerprint density at radius 3 is 2.14 bits per heavy atom. The van der Waals surface area contributed by atoms with E-state index in [-0.39, 0.29) is 17.8 Å². The Kier molecular flexibility index (Phi) is 13.8. The predicted molar refractivity (Wildman–Crippen MR) is 131 cm³/mol. The van der Waals surface area contributed by atoms with Crippen LogP contribution in [-0.2, 0) is 16.0 Å². The van der Waals surface area contributed by atoms with E-state index < -0.39 is 12.1 Å². The van der Waals surface area contributed by atoms with Crippen LogP contribution in [0.15, 0.2) is 24.3 Å². The molecule has 35 heavy (non-hydrogen) atoms. The third-order valence-electron chi connectivity index (χ3n) is 5.92. The Morgan fingerprint density at radius 1 is 1.09 bits per heavy atom. The topological polar surface area (TPSA) is 120 Å². The van der Waals surface area contributed by atoms with Crippen molar-refractivity contribution in [2.75, 3.05) is 18.4 Å². The van der Waals surface area contributed by atoms with Gasteiger partial charge in [0.2, 0.25) is 5.91 Å². The van der Waals surface area contributed by atoms with Gasteiger partial charge in [-0.3, -0.25) is 10.2 Å². The predicted octanol–water partition coefficient (Wildman–Crippen LogP) is 5.55. The van der Waals surface area contributed by atoms with Crippen LogP contribution in [0.2, 0.25) is 0 Å². The number of aryl methyl sites for hydroxylation is 1. The molecule has 0 saturated carbocycles. The second-order valence-corrected chi connectivity index (χ2v) is 8.88. The number of carbonyl (C=O) groups excluding carboxylic acids is 1. The Hall–Kier alpha value is -2.78. The Bertz CT molecular complexity index is 785. The molecule has 0 aromatic heterocycles. The number of likely N-dealkylation sites (tertiary alicyclic amines) is 1. The van der Waals surface area contributed by atoms with Crippen molar-refractivity contribution < 1.29 is 27.9 Å². The highest BCUT2D eigenvalue weighted by Crippen LogP contribution is 2.19. The molecule has 1 fully saturated rings. The number of piperidine rings is 1. The zero-order valence-electron chi connectivity index (χ0n) is 20.5. The largest absolute Gasteiger partial charge is 0.490 e. The molecule has 1 aromatic rings. The molecule has 1 amide bonds. The molecule has 1 atom stereocenters. The summed E-state index contributed by atoms with van der Waals surface area (Å²) in [5, 5.41) is 17.7. The molecular formula is C25H39F3N4O3. The van der Waals surface area contributed by atoms with E-state index in [0.29, 0.717) is 6.54 Å². The lowest BCUT2D eigenvalue weighted by Gasteiger charge is -2.32. The molecule has 7 nitrogen and oxygen atoms in total. The molecule has 0 spiro atoms. The minimum Gasteiger partial charge on any atom is -0.475 e. The molecular weight excluding hydrogens is 461 g/mol. The number of aliphatic carboxylic acids is 1. The SMILES string of the molecule is CCCCCCCCCCc1ccc(NC(=O)[C@@H]2CCCN(C(=N)N)C2)cc1.O=C(O)C(F)(F)F. The van der Waals surface area contributed by atoms with Gasteiger partial charge in [-0.1, -0.05) is 64.0 Å². The monoisotopic (exact) mass is 500 g/mol. The molecule has 1 heterocycles. The Balaban J connectivity index is 0.000000762. The molecule has 1 aliphatic rings. The smallest absolute Gasteiger partial charge is 0.475 e. The number of nitrogens with zero attached hydrogens (tertiary/aromatic N) is 1. The number of carboxylic acid groups (broad SMARTS) is 1. The number of unbranched alkanes of at least 4 members (excludes halogenated alkanes) is 7. The van der Waals surface area contributed by atoms with Gasteiger partial charge in [-0.15, -0.1) is 0 Å². The standard InChI is InChI=1S/C23H38N4O.C2HF3O2/c1-2-3-4-5-6-7-8-9-11-19-13-15-21(16-14-19)26-22(28)20-12-10-17-27(18-20)23(24)25;3-2(4,5)1(6)7/h13-16,20H,2-12,17-18H2,1H3,(H3,24,25)(H,26,28);(H,6,7)/t20-;/m1./s1. The first-order valence-corrected chi connectivity index (χ1v) is 12.3. The molecule has 1 aliphatic heterocycles.